The van der Waals surface area contributed by atoms with Crippen molar-refractivity contribution >= 4 is 17.7 Å². The number of carbonyl (C=O) groups excluding carboxylic acids is 1. The van der Waals surface area contributed by atoms with Gasteiger partial charge in [-0.2, -0.15) is 0 Å². The molecule has 3 nitrogen and oxygen atoms in total. The minimum absolute atomic E-state index is 0.0280. The number of hydrogen-bond donors (Lipinski definition) is 1. The molecule has 1 aliphatic rings. The van der Waals surface area contributed by atoms with Crippen molar-refractivity contribution in [3.63, 3.8) is 0 Å². The van der Waals surface area contributed by atoms with Gasteiger partial charge in [-0.3, -0.25) is 9.69 Å². The molecule has 1 amide bonds. The van der Waals surface area contributed by atoms with Crippen LogP contribution >= 0.6 is 11.8 Å². The fourth-order valence-corrected chi connectivity index (χ4v) is 3.12. The maximum absolute atomic E-state index is 11.3. The number of likely N-dealkylation sites (tertiary alicyclic amines) is 1. The average molecular weight is 264 g/mol. The Morgan fingerprint density at radius 2 is 2.28 bits per heavy atom. The average Bonchev–Trinajstić information content (AvgIpc) is 2.39. The molecule has 1 atom stereocenters. The van der Waals surface area contributed by atoms with Crippen molar-refractivity contribution in [2.75, 3.05) is 19.3 Å². The molecule has 1 aliphatic heterocycles. The molecule has 4 heteroatoms. The van der Waals surface area contributed by atoms with Crippen LogP contribution in [0.1, 0.15) is 18.4 Å². The van der Waals surface area contributed by atoms with Crippen LogP contribution in [0.3, 0.4) is 0 Å². The molecular formula is C14H20N2OS. The summed E-state index contributed by atoms with van der Waals surface area (Å²) < 4.78 is 0. The van der Waals surface area contributed by atoms with Crippen LogP contribution < -0.4 is 5.73 Å². The van der Waals surface area contributed by atoms with Gasteiger partial charge in [0.25, 0.3) is 0 Å². The number of primary amides is 1. The Balaban J connectivity index is 2.02. The number of carbonyl (C=O) groups is 1. The highest BCUT2D eigenvalue weighted by atomic mass is 32.2. The van der Waals surface area contributed by atoms with Gasteiger partial charge in [0.05, 0.1) is 5.92 Å². The van der Waals surface area contributed by atoms with Crippen molar-refractivity contribution < 1.29 is 4.79 Å². The number of hydrogen-bond acceptors (Lipinski definition) is 3. The summed E-state index contributed by atoms with van der Waals surface area (Å²) in [4.78, 5) is 14.9. The second-order valence-corrected chi connectivity index (χ2v) is 5.64. The van der Waals surface area contributed by atoms with Crippen molar-refractivity contribution in [1.29, 1.82) is 0 Å². The highest BCUT2D eigenvalue weighted by Gasteiger charge is 2.24. The van der Waals surface area contributed by atoms with E-state index in [4.69, 9.17) is 5.73 Å². The number of thioether (sulfide) groups is 1. The van der Waals surface area contributed by atoms with Crippen LogP contribution in [0.4, 0.5) is 0 Å². The summed E-state index contributed by atoms with van der Waals surface area (Å²) in [6.45, 7) is 2.78. The normalized spacial score (nSPS) is 20.8. The van der Waals surface area contributed by atoms with Gasteiger partial charge < -0.3 is 5.73 Å². The van der Waals surface area contributed by atoms with Crippen molar-refractivity contribution in [1.82, 2.24) is 4.90 Å². The van der Waals surface area contributed by atoms with Crippen molar-refractivity contribution in [3.05, 3.63) is 29.8 Å². The molecule has 2 N–H and O–H groups in total. The van der Waals surface area contributed by atoms with Crippen LogP contribution in [0.15, 0.2) is 29.2 Å². The number of benzene rings is 1. The van der Waals surface area contributed by atoms with Crippen LogP contribution in [0.5, 0.6) is 0 Å². The highest BCUT2D eigenvalue weighted by Crippen LogP contribution is 2.24. The van der Waals surface area contributed by atoms with Crippen LogP contribution in [-0.2, 0) is 11.3 Å². The van der Waals surface area contributed by atoms with Gasteiger partial charge in [0.15, 0.2) is 0 Å². The third kappa shape index (κ3) is 3.27. The van der Waals surface area contributed by atoms with E-state index in [2.05, 4.69) is 35.4 Å². The van der Waals surface area contributed by atoms with E-state index >= 15 is 0 Å². The molecule has 0 saturated carbocycles. The van der Waals surface area contributed by atoms with Gasteiger partial charge in [0, 0.05) is 18.0 Å². The van der Waals surface area contributed by atoms with Gasteiger partial charge in [-0.25, -0.2) is 0 Å². The first kappa shape index (κ1) is 13.4. The zero-order valence-electron chi connectivity index (χ0n) is 10.8. The lowest BCUT2D eigenvalue weighted by atomic mass is 9.97. The van der Waals surface area contributed by atoms with Crippen molar-refractivity contribution in [2.45, 2.75) is 24.3 Å². The van der Waals surface area contributed by atoms with E-state index in [0.29, 0.717) is 0 Å². The van der Waals surface area contributed by atoms with E-state index in [0.717, 1.165) is 32.5 Å². The topological polar surface area (TPSA) is 46.3 Å². The van der Waals surface area contributed by atoms with Gasteiger partial charge >= 0.3 is 0 Å². The molecule has 1 fully saturated rings. The molecule has 0 spiro atoms. The second-order valence-electron chi connectivity index (χ2n) is 4.79. The molecule has 18 heavy (non-hydrogen) atoms. The summed E-state index contributed by atoms with van der Waals surface area (Å²) in [5.41, 5.74) is 6.75. The standard InChI is InChI=1S/C14H20N2OS/c1-18-13-7-3-2-5-11(13)9-16-8-4-6-12(10-16)14(15)17/h2-3,5,7,12H,4,6,8-10H2,1H3,(H2,15,17). The largest absolute Gasteiger partial charge is 0.369 e. The zero-order valence-corrected chi connectivity index (χ0v) is 11.6. The van der Waals surface area contributed by atoms with Gasteiger partial charge in [-0.05, 0) is 37.3 Å². The Hall–Kier alpha value is -1.00. The molecule has 0 radical (unpaired) electrons. The maximum atomic E-state index is 11.3. The summed E-state index contributed by atoms with van der Waals surface area (Å²) >= 11 is 1.77. The first-order chi connectivity index (χ1) is 8.70. The lowest BCUT2D eigenvalue weighted by molar-refractivity contribution is -0.123. The lowest BCUT2D eigenvalue weighted by Crippen LogP contribution is -2.40. The van der Waals surface area contributed by atoms with E-state index < -0.39 is 0 Å². The van der Waals surface area contributed by atoms with Crippen molar-refractivity contribution in [2.24, 2.45) is 11.7 Å². The van der Waals surface area contributed by atoms with Crippen LogP contribution in [0.2, 0.25) is 0 Å². The van der Waals surface area contributed by atoms with E-state index in [1.165, 1.54) is 10.5 Å². The van der Waals surface area contributed by atoms with Crippen LogP contribution in [-0.4, -0.2) is 30.2 Å². The molecule has 1 aromatic carbocycles. The smallest absolute Gasteiger partial charge is 0.221 e. The summed E-state index contributed by atoms with van der Waals surface area (Å²) in [7, 11) is 0. The first-order valence-corrected chi connectivity index (χ1v) is 7.56. The fraction of sp³-hybridized carbons (Fsp3) is 0.500. The van der Waals surface area contributed by atoms with E-state index in [9.17, 15) is 4.79 Å². The zero-order chi connectivity index (χ0) is 13.0. The molecule has 0 aliphatic carbocycles. The van der Waals surface area contributed by atoms with Crippen LogP contribution in [0, 0.1) is 5.92 Å². The third-order valence-electron chi connectivity index (χ3n) is 3.49. The molecule has 1 saturated heterocycles. The van der Waals surface area contributed by atoms with Crippen LogP contribution in [0.25, 0.3) is 0 Å². The van der Waals surface area contributed by atoms with Gasteiger partial charge in [0.1, 0.15) is 0 Å². The summed E-state index contributed by atoms with van der Waals surface area (Å²) in [6, 6.07) is 8.46. The minimum Gasteiger partial charge on any atom is -0.369 e. The fourth-order valence-electron chi connectivity index (χ4n) is 2.51. The Morgan fingerprint density at radius 3 is 3.00 bits per heavy atom. The molecule has 0 aromatic heterocycles. The molecule has 1 heterocycles. The molecule has 1 aromatic rings. The quantitative estimate of drug-likeness (QED) is 0.847. The second kappa shape index (κ2) is 6.25. The number of rotatable bonds is 4. The van der Waals surface area contributed by atoms with Gasteiger partial charge in [0.2, 0.25) is 5.91 Å². The Bertz CT molecular complexity index is 422. The van der Waals surface area contributed by atoms with E-state index in [1.54, 1.807) is 11.8 Å². The number of nitrogens with zero attached hydrogens (tertiary/aromatic N) is 1. The predicted octanol–water partition coefficient (Wildman–Crippen LogP) is 2.11. The monoisotopic (exact) mass is 264 g/mol. The van der Waals surface area contributed by atoms with Crippen molar-refractivity contribution in [3.8, 4) is 0 Å². The summed E-state index contributed by atoms with van der Waals surface area (Å²) in [6.07, 6.45) is 4.10. The Labute approximate surface area is 113 Å². The SMILES string of the molecule is CSc1ccccc1CN1CCCC(C(N)=O)C1. The summed E-state index contributed by atoms with van der Waals surface area (Å²) in [5, 5.41) is 0. The minimum atomic E-state index is -0.155. The summed E-state index contributed by atoms with van der Waals surface area (Å²) in [5.74, 6) is -0.127. The molecule has 98 valence electrons. The number of nitrogens with two attached hydrogens (primary N) is 1. The van der Waals surface area contributed by atoms with Gasteiger partial charge in [-0.15, -0.1) is 11.8 Å². The maximum Gasteiger partial charge on any atom is 0.221 e. The molecular weight excluding hydrogens is 244 g/mol. The first-order valence-electron chi connectivity index (χ1n) is 6.34. The highest BCUT2D eigenvalue weighted by molar-refractivity contribution is 7.98. The van der Waals surface area contributed by atoms with E-state index in [-0.39, 0.29) is 11.8 Å². The third-order valence-corrected chi connectivity index (χ3v) is 4.33. The number of amides is 1. The lowest BCUT2D eigenvalue weighted by Gasteiger charge is -2.31. The molecule has 1 unspecified atom stereocenters. The molecule has 2 rings (SSSR count). The molecule has 0 bridgehead atoms. The Kier molecular flexibility index (Phi) is 4.66. The predicted molar refractivity (Wildman–Crippen MR) is 75.4 cm³/mol. The van der Waals surface area contributed by atoms with E-state index in [1.807, 2.05) is 0 Å². The Morgan fingerprint density at radius 1 is 1.50 bits per heavy atom. The number of piperidine rings is 1. The van der Waals surface area contributed by atoms with Gasteiger partial charge in [-0.1, -0.05) is 18.2 Å².